The van der Waals surface area contributed by atoms with E-state index in [0.29, 0.717) is 0 Å². The number of carbonyl (C=O) groups excluding carboxylic acids is 1. The van der Waals surface area contributed by atoms with Gasteiger partial charge in [-0.15, -0.1) is 0 Å². The van der Waals surface area contributed by atoms with E-state index in [2.05, 4.69) is 10.6 Å². The van der Waals surface area contributed by atoms with Crippen LogP contribution in [0.3, 0.4) is 0 Å². The molecule has 0 spiro atoms. The summed E-state index contributed by atoms with van der Waals surface area (Å²) < 4.78 is 0. The van der Waals surface area contributed by atoms with Gasteiger partial charge in [0.2, 0.25) is 5.91 Å². The van der Waals surface area contributed by atoms with Crippen molar-refractivity contribution in [1.82, 2.24) is 0 Å². The minimum atomic E-state index is -0.0539. The van der Waals surface area contributed by atoms with Crippen LogP contribution in [0.4, 0.5) is 11.4 Å². The van der Waals surface area contributed by atoms with Crippen molar-refractivity contribution in [3.8, 4) is 0 Å². The molecule has 0 aliphatic carbocycles. The van der Waals surface area contributed by atoms with Crippen molar-refractivity contribution in [2.75, 3.05) is 17.2 Å². The van der Waals surface area contributed by atoms with E-state index in [1.54, 1.807) is 0 Å². The summed E-state index contributed by atoms with van der Waals surface area (Å²) in [5.74, 6) is -0.0539. The maximum atomic E-state index is 11.7. The predicted molar refractivity (Wildman–Crippen MR) is 74.7 cm³/mol. The predicted octanol–water partition coefficient (Wildman–Crippen LogP) is 3.05. The number of para-hydroxylation sites is 1. The third-order valence-electron chi connectivity index (χ3n) is 2.56. The lowest BCUT2D eigenvalue weighted by Gasteiger charge is -2.07. The Bertz CT molecular complexity index is 506. The van der Waals surface area contributed by atoms with Crippen LogP contribution in [0.25, 0.3) is 0 Å². The SMILES string of the molecule is Cc1ccc(NCC(=O)Nc2ccccc2)cc1. The molecule has 0 aliphatic heterocycles. The van der Waals surface area contributed by atoms with E-state index < -0.39 is 0 Å². The van der Waals surface area contributed by atoms with Crippen LogP contribution in [-0.2, 0) is 4.79 Å². The Hall–Kier alpha value is -2.29. The zero-order valence-electron chi connectivity index (χ0n) is 10.3. The highest BCUT2D eigenvalue weighted by Crippen LogP contribution is 2.08. The summed E-state index contributed by atoms with van der Waals surface area (Å²) in [5, 5.41) is 5.90. The second kappa shape index (κ2) is 5.87. The number of anilines is 2. The van der Waals surface area contributed by atoms with Gasteiger partial charge < -0.3 is 10.6 Å². The van der Waals surface area contributed by atoms with Gasteiger partial charge in [0.05, 0.1) is 6.54 Å². The Morgan fingerprint density at radius 1 is 0.944 bits per heavy atom. The first-order chi connectivity index (χ1) is 8.74. The largest absolute Gasteiger partial charge is 0.376 e. The van der Waals surface area contributed by atoms with E-state index in [9.17, 15) is 4.79 Å². The lowest BCUT2D eigenvalue weighted by molar-refractivity contribution is -0.114. The highest BCUT2D eigenvalue weighted by molar-refractivity contribution is 5.93. The molecule has 2 rings (SSSR count). The summed E-state index contributed by atoms with van der Waals surface area (Å²) in [5.41, 5.74) is 2.96. The van der Waals surface area contributed by atoms with Crippen LogP contribution in [0.5, 0.6) is 0 Å². The average molecular weight is 240 g/mol. The maximum absolute atomic E-state index is 11.7. The van der Waals surface area contributed by atoms with E-state index in [-0.39, 0.29) is 12.5 Å². The van der Waals surface area contributed by atoms with E-state index in [1.807, 2.05) is 61.5 Å². The smallest absolute Gasteiger partial charge is 0.243 e. The van der Waals surface area contributed by atoms with Gasteiger partial charge in [-0.25, -0.2) is 0 Å². The molecular formula is C15H16N2O. The Balaban J connectivity index is 1.83. The van der Waals surface area contributed by atoms with Gasteiger partial charge in [-0.3, -0.25) is 4.79 Å². The molecule has 0 saturated carbocycles. The van der Waals surface area contributed by atoms with E-state index in [0.717, 1.165) is 11.4 Å². The fourth-order valence-corrected chi connectivity index (χ4v) is 1.58. The highest BCUT2D eigenvalue weighted by Gasteiger charge is 2.01. The fourth-order valence-electron chi connectivity index (χ4n) is 1.58. The van der Waals surface area contributed by atoms with Crippen molar-refractivity contribution in [3.05, 3.63) is 60.2 Å². The second-order valence-electron chi connectivity index (χ2n) is 4.13. The molecule has 0 saturated heterocycles. The van der Waals surface area contributed by atoms with Gasteiger partial charge >= 0.3 is 0 Å². The molecule has 0 heterocycles. The van der Waals surface area contributed by atoms with E-state index in [4.69, 9.17) is 0 Å². The molecule has 0 aliphatic rings. The summed E-state index contributed by atoms with van der Waals surface area (Å²) in [4.78, 5) is 11.7. The van der Waals surface area contributed by atoms with Crippen LogP contribution in [0.15, 0.2) is 54.6 Å². The summed E-state index contributed by atoms with van der Waals surface area (Å²) in [7, 11) is 0. The standard InChI is InChI=1S/C15H16N2O/c1-12-7-9-13(10-8-12)16-11-15(18)17-14-5-3-2-4-6-14/h2-10,16H,11H2,1H3,(H,17,18). The average Bonchev–Trinajstić information content (AvgIpc) is 2.39. The molecule has 18 heavy (non-hydrogen) atoms. The van der Waals surface area contributed by atoms with Crippen LogP contribution >= 0.6 is 0 Å². The molecule has 2 N–H and O–H groups in total. The number of hydrogen-bond donors (Lipinski definition) is 2. The zero-order valence-corrected chi connectivity index (χ0v) is 10.3. The third-order valence-corrected chi connectivity index (χ3v) is 2.56. The van der Waals surface area contributed by atoms with Crippen molar-refractivity contribution in [2.45, 2.75) is 6.92 Å². The normalized spacial score (nSPS) is 9.83. The van der Waals surface area contributed by atoms with Crippen molar-refractivity contribution in [1.29, 1.82) is 0 Å². The zero-order chi connectivity index (χ0) is 12.8. The molecule has 0 unspecified atom stereocenters. The minimum absolute atomic E-state index is 0.0539. The van der Waals surface area contributed by atoms with Crippen LogP contribution < -0.4 is 10.6 Å². The lowest BCUT2D eigenvalue weighted by Crippen LogP contribution is -2.21. The number of amides is 1. The fraction of sp³-hybridized carbons (Fsp3) is 0.133. The van der Waals surface area contributed by atoms with Crippen LogP contribution in [0.2, 0.25) is 0 Å². The molecule has 0 bridgehead atoms. The molecule has 2 aromatic rings. The summed E-state index contributed by atoms with van der Waals surface area (Å²) in [6, 6.07) is 17.4. The monoisotopic (exact) mass is 240 g/mol. The van der Waals surface area contributed by atoms with Gasteiger partial charge in [-0.05, 0) is 31.2 Å². The van der Waals surface area contributed by atoms with Crippen LogP contribution in [0, 0.1) is 6.92 Å². The Kier molecular flexibility index (Phi) is 3.97. The van der Waals surface area contributed by atoms with Crippen LogP contribution in [0.1, 0.15) is 5.56 Å². The number of aryl methyl sites for hydroxylation is 1. The summed E-state index contributed by atoms with van der Waals surface area (Å²) in [6.07, 6.45) is 0. The molecule has 2 aromatic carbocycles. The van der Waals surface area contributed by atoms with Gasteiger partial charge in [0.15, 0.2) is 0 Å². The van der Waals surface area contributed by atoms with Gasteiger partial charge in [-0.2, -0.15) is 0 Å². The first-order valence-corrected chi connectivity index (χ1v) is 5.89. The number of hydrogen-bond acceptors (Lipinski definition) is 2. The molecule has 3 nitrogen and oxygen atoms in total. The third kappa shape index (κ3) is 3.63. The Morgan fingerprint density at radius 2 is 1.61 bits per heavy atom. The lowest BCUT2D eigenvalue weighted by atomic mass is 10.2. The molecule has 0 fully saturated rings. The van der Waals surface area contributed by atoms with Crippen LogP contribution in [-0.4, -0.2) is 12.5 Å². The van der Waals surface area contributed by atoms with Crippen molar-refractivity contribution < 1.29 is 4.79 Å². The number of rotatable bonds is 4. The highest BCUT2D eigenvalue weighted by atomic mass is 16.1. The first-order valence-electron chi connectivity index (χ1n) is 5.89. The van der Waals surface area contributed by atoms with Gasteiger partial charge in [0.25, 0.3) is 0 Å². The molecule has 1 amide bonds. The molecule has 0 radical (unpaired) electrons. The molecular weight excluding hydrogens is 224 g/mol. The van der Waals surface area contributed by atoms with Gasteiger partial charge in [0, 0.05) is 11.4 Å². The second-order valence-corrected chi connectivity index (χ2v) is 4.13. The number of carbonyl (C=O) groups is 1. The molecule has 3 heteroatoms. The molecule has 0 atom stereocenters. The number of benzene rings is 2. The van der Waals surface area contributed by atoms with Gasteiger partial charge in [-0.1, -0.05) is 35.9 Å². The Morgan fingerprint density at radius 3 is 2.28 bits per heavy atom. The molecule has 92 valence electrons. The topological polar surface area (TPSA) is 41.1 Å². The van der Waals surface area contributed by atoms with E-state index in [1.165, 1.54) is 5.56 Å². The molecule has 0 aromatic heterocycles. The first kappa shape index (κ1) is 12.2. The Labute approximate surface area is 107 Å². The maximum Gasteiger partial charge on any atom is 0.243 e. The van der Waals surface area contributed by atoms with Crippen molar-refractivity contribution in [3.63, 3.8) is 0 Å². The summed E-state index contributed by atoms with van der Waals surface area (Å²) >= 11 is 0. The number of nitrogens with one attached hydrogen (secondary N) is 2. The quantitative estimate of drug-likeness (QED) is 0.862. The van der Waals surface area contributed by atoms with E-state index >= 15 is 0 Å². The van der Waals surface area contributed by atoms with Gasteiger partial charge in [0.1, 0.15) is 0 Å². The van der Waals surface area contributed by atoms with Crippen molar-refractivity contribution in [2.24, 2.45) is 0 Å². The van der Waals surface area contributed by atoms with Crippen molar-refractivity contribution >= 4 is 17.3 Å². The summed E-state index contributed by atoms with van der Waals surface area (Å²) in [6.45, 7) is 2.30. The minimum Gasteiger partial charge on any atom is -0.376 e.